The maximum absolute atomic E-state index is 4.59. The molecule has 130 valence electrons. The van der Waals surface area contributed by atoms with Gasteiger partial charge in [0, 0.05) is 49.5 Å². The average Bonchev–Trinajstić information content (AvgIpc) is 3.32. The minimum atomic E-state index is 0.665. The standard InChI is InChI=1S/C18H17N7S/c1-13-20-7-8-25(13)16-9-14(3-6-21-16)10-19-11-15-12-26-18(24-15)17-22-4-2-5-23-17/h2-9,12,19H,10-11H2,1H3. The number of thiazole rings is 1. The van der Waals surface area contributed by atoms with Gasteiger partial charge in [-0.3, -0.25) is 4.57 Å². The smallest absolute Gasteiger partial charge is 0.188 e. The van der Waals surface area contributed by atoms with E-state index in [-0.39, 0.29) is 0 Å². The Bertz CT molecular complexity index is 993. The predicted octanol–water partition coefficient (Wildman–Crippen LogP) is 2.78. The van der Waals surface area contributed by atoms with Crippen LogP contribution in [-0.4, -0.2) is 29.5 Å². The van der Waals surface area contributed by atoms with Crippen LogP contribution in [0.5, 0.6) is 0 Å². The number of nitrogens with one attached hydrogen (secondary N) is 1. The van der Waals surface area contributed by atoms with Gasteiger partial charge in [0.05, 0.1) is 5.69 Å². The predicted molar refractivity (Wildman–Crippen MR) is 99.8 cm³/mol. The quantitative estimate of drug-likeness (QED) is 0.567. The van der Waals surface area contributed by atoms with E-state index in [9.17, 15) is 0 Å². The zero-order valence-corrected chi connectivity index (χ0v) is 15.0. The largest absolute Gasteiger partial charge is 0.307 e. The third-order valence-electron chi connectivity index (χ3n) is 3.83. The summed E-state index contributed by atoms with van der Waals surface area (Å²) in [5.74, 6) is 2.45. The molecule has 4 aromatic rings. The van der Waals surface area contributed by atoms with Crippen molar-refractivity contribution in [3.8, 4) is 16.6 Å². The lowest BCUT2D eigenvalue weighted by atomic mass is 10.2. The van der Waals surface area contributed by atoms with Gasteiger partial charge in [-0.15, -0.1) is 11.3 Å². The summed E-state index contributed by atoms with van der Waals surface area (Å²) < 4.78 is 1.97. The molecule has 0 unspecified atom stereocenters. The van der Waals surface area contributed by atoms with Crippen LogP contribution < -0.4 is 5.32 Å². The summed E-state index contributed by atoms with van der Waals surface area (Å²) in [5.41, 5.74) is 2.14. The van der Waals surface area contributed by atoms with Gasteiger partial charge in [0.1, 0.15) is 11.6 Å². The first-order valence-corrected chi connectivity index (χ1v) is 9.05. The molecular formula is C18H17N7S. The second-order valence-electron chi connectivity index (χ2n) is 5.69. The first-order valence-electron chi connectivity index (χ1n) is 8.17. The molecule has 0 spiro atoms. The van der Waals surface area contributed by atoms with Gasteiger partial charge in [0.2, 0.25) is 0 Å². The number of pyridine rings is 1. The fourth-order valence-corrected chi connectivity index (χ4v) is 3.32. The average molecular weight is 363 g/mol. The Labute approximate surface area is 154 Å². The van der Waals surface area contributed by atoms with E-state index in [1.54, 1.807) is 36.0 Å². The molecule has 0 aliphatic heterocycles. The highest BCUT2D eigenvalue weighted by Gasteiger charge is 2.07. The molecular weight excluding hydrogens is 346 g/mol. The van der Waals surface area contributed by atoms with E-state index in [1.807, 2.05) is 35.3 Å². The van der Waals surface area contributed by atoms with Gasteiger partial charge < -0.3 is 5.32 Å². The minimum absolute atomic E-state index is 0.665. The van der Waals surface area contributed by atoms with Crippen LogP contribution >= 0.6 is 11.3 Å². The van der Waals surface area contributed by atoms with E-state index >= 15 is 0 Å². The van der Waals surface area contributed by atoms with Gasteiger partial charge in [0.25, 0.3) is 0 Å². The van der Waals surface area contributed by atoms with Gasteiger partial charge in [-0.2, -0.15) is 0 Å². The Morgan fingerprint density at radius 1 is 1.04 bits per heavy atom. The van der Waals surface area contributed by atoms with Crippen molar-refractivity contribution in [2.45, 2.75) is 20.0 Å². The van der Waals surface area contributed by atoms with Gasteiger partial charge in [-0.25, -0.2) is 24.9 Å². The number of aromatic nitrogens is 6. The molecule has 4 aromatic heterocycles. The van der Waals surface area contributed by atoms with Crippen LogP contribution in [0.3, 0.4) is 0 Å². The lowest BCUT2D eigenvalue weighted by Gasteiger charge is -2.07. The van der Waals surface area contributed by atoms with Crippen molar-refractivity contribution in [3.63, 3.8) is 0 Å². The SMILES string of the molecule is Cc1nccn1-c1cc(CNCc2csc(-c3ncccn3)n2)ccn1. The topological polar surface area (TPSA) is 81.4 Å². The van der Waals surface area contributed by atoms with E-state index in [1.165, 1.54) is 0 Å². The lowest BCUT2D eigenvalue weighted by molar-refractivity contribution is 0.681. The third-order valence-corrected chi connectivity index (χ3v) is 4.71. The first kappa shape index (κ1) is 16.5. The molecule has 1 N–H and O–H groups in total. The van der Waals surface area contributed by atoms with Crippen LogP contribution in [0.2, 0.25) is 0 Å². The molecule has 0 saturated heterocycles. The maximum Gasteiger partial charge on any atom is 0.188 e. The van der Waals surface area contributed by atoms with Gasteiger partial charge in [-0.1, -0.05) is 0 Å². The van der Waals surface area contributed by atoms with Crippen molar-refractivity contribution in [1.29, 1.82) is 0 Å². The molecule has 0 atom stereocenters. The molecule has 4 rings (SSSR count). The molecule has 0 aliphatic rings. The van der Waals surface area contributed by atoms with Crippen molar-refractivity contribution >= 4 is 11.3 Å². The second kappa shape index (κ2) is 7.51. The Kier molecular flexibility index (Phi) is 4.76. The molecule has 0 aliphatic carbocycles. The van der Waals surface area contributed by atoms with Crippen molar-refractivity contribution in [3.05, 3.63) is 71.6 Å². The maximum atomic E-state index is 4.59. The number of aryl methyl sites for hydroxylation is 1. The molecule has 0 amide bonds. The fraction of sp³-hybridized carbons (Fsp3) is 0.167. The summed E-state index contributed by atoms with van der Waals surface area (Å²) >= 11 is 1.55. The second-order valence-corrected chi connectivity index (χ2v) is 6.54. The van der Waals surface area contributed by atoms with Crippen molar-refractivity contribution in [1.82, 2.24) is 34.8 Å². The summed E-state index contributed by atoms with van der Waals surface area (Å²) in [6.07, 6.45) is 8.96. The van der Waals surface area contributed by atoms with Gasteiger partial charge in [0.15, 0.2) is 10.8 Å². The van der Waals surface area contributed by atoms with E-state index < -0.39 is 0 Å². The van der Waals surface area contributed by atoms with Crippen LogP contribution in [0, 0.1) is 6.92 Å². The number of imidazole rings is 1. The third kappa shape index (κ3) is 3.66. The van der Waals surface area contributed by atoms with Gasteiger partial charge >= 0.3 is 0 Å². The van der Waals surface area contributed by atoms with Crippen LogP contribution in [0.4, 0.5) is 0 Å². The molecule has 0 aromatic carbocycles. The number of hydrogen-bond acceptors (Lipinski definition) is 7. The molecule has 8 heteroatoms. The summed E-state index contributed by atoms with van der Waals surface area (Å²) in [6.45, 7) is 3.38. The minimum Gasteiger partial charge on any atom is -0.307 e. The zero-order chi connectivity index (χ0) is 17.8. The molecule has 0 fully saturated rings. The van der Waals surface area contributed by atoms with Crippen LogP contribution in [0.25, 0.3) is 16.6 Å². The highest BCUT2D eigenvalue weighted by atomic mass is 32.1. The van der Waals surface area contributed by atoms with Crippen LogP contribution in [0.1, 0.15) is 17.1 Å². The highest BCUT2D eigenvalue weighted by Crippen LogP contribution is 2.19. The van der Waals surface area contributed by atoms with Gasteiger partial charge in [-0.05, 0) is 30.7 Å². The molecule has 7 nitrogen and oxygen atoms in total. The normalized spacial score (nSPS) is 11.0. The number of nitrogens with zero attached hydrogens (tertiary/aromatic N) is 6. The van der Waals surface area contributed by atoms with Crippen molar-refractivity contribution in [2.75, 3.05) is 0 Å². The Hall–Kier alpha value is -2.97. The number of hydrogen-bond donors (Lipinski definition) is 1. The summed E-state index contributed by atoms with van der Waals surface area (Å²) in [4.78, 5) is 21.7. The highest BCUT2D eigenvalue weighted by molar-refractivity contribution is 7.13. The van der Waals surface area contributed by atoms with E-state index in [2.05, 4.69) is 36.3 Å². The fourth-order valence-electron chi connectivity index (χ4n) is 2.56. The van der Waals surface area contributed by atoms with Crippen molar-refractivity contribution < 1.29 is 0 Å². The Morgan fingerprint density at radius 2 is 1.92 bits per heavy atom. The van der Waals surface area contributed by atoms with E-state index in [4.69, 9.17) is 0 Å². The van der Waals surface area contributed by atoms with Crippen molar-refractivity contribution in [2.24, 2.45) is 0 Å². The van der Waals surface area contributed by atoms with E-state index in [0.29, 0.717) is 12.4 Å². The molecule has 0 radical (unpaired) electrons. The number of rotatable bonds is 6. The summed E-state index contributed by atoms with van der Waals surface area (Å²) in [5, 5.41) is 6.29. The Morgan fingerprint density at radius 3 is 2.73 bits per heavy atom. The Balaban J connectivity index is 1.38. The van der Waals surface area contributed by atoms with E-state index in [0.717, 1.165) is 34.5 Å². The molecule has 0 bridgehead atoms. The first-order chi connectivity index (χ1) is 12.8. The summed E-state index contributed by atoms with van der Waals surface area (Å²) in [6, 6.07) is 5.87. The zero-order valence-electron chi connectivity index (χ0n) is 14.2. The molecule has 0 saturated carbocycles. The monoisotopic (exact) mass is 363 g/mol. The molecule has 4 heterocycles. The van der Waals surface area contributed by atoms with Crippen LogP contribution in [0.15, 0.2) is 54.6 Å². The summed E-state index contributed by atoms with van der Waals surface area (Å²) in [7, 11) is 0. The lowest BCUT2D eigenvalue weighted by Crippen LogP contribution is -2.13. The molecule has 26 heavy (non-hydrogen) atoms. The van der Waals surface area contributed by atoms with Crippen LogP contribution in [-0.2, 0) is 13.1 Å².